The Bertz CT molecular complexity index is 940. The van der Waals surface area contributed by atoms with Crippen molar-refractivity contribution in [3.63, 3.8) is 0 Å². The maximum absolute atomic E-state index is 9.87. The number of pyridine rings is 1. The largest absolute Gasteiger partial charge is 0.383 e. The van der Waals surface area contributed by atoms with Gasteiger partial charge in [-0.15, -0.1) is 0 Å². The van der Waals surface area contributed by atoms with E-state index in [-0.39, 0.29) is 11.4 Å². The summed E-state index contributed by atoms with van der Waals surface area (Å²) in [5.74, 6) is -0.0667. The molecule has 1 fully saturated rings. The highest BCUT2D eigenvalue weighted by molar-refractivity contribution is 5.70. The molecule has 0 spiro atoms. The first-order valence-corrected chi connectivity index (χ1v) is 9.01. The van der Waals surface area contributed by atoms with Crippen molar-refractivity contribution < 1.29 is 0 Å². The molecule has 0 aliphatic carbocycles. The van der Waals surface area contributed by atoms with Gasteiger partial charge in [-0.05, 0) is 31.2 Å². The molecule has 6 heteroatoms. The fraction of sp³-hybridized carbons (Fsp3) is 0.333. The summed E-state index contributed by atoms with van der Waals surface area (Å²) in [6.45, 7) is 1.59. The van der Waals surface area contributed by atoms with Gasteiger partial charge in [0.05, 0.1) is 12.0 Å². The predicted octanol–water partition coefficient (Wildman–Crippen LogP) is 3.25. The summed E-state index contributed by atoms with van der Waals surface area (Å²) in [4.78, 5) is 6.41. The summed E-state index contributed by atoms with van der Waals surface area (Å²) in [5, 5.41) is 29.3. The average Bonchev–Trinajstić information content (AvgIpc) is 2.72. The van der Waals surface area contributed by atoms with E-state index in [1.165, 1.54) is 0 Å². The van der Waals surface area contributed by atoms with E-state index in [4.69, 9.17) is 5.73 Å². The lowest BCUT2D eigenvalue weighted by molar-refractivity contribution is 0.573. The molecule has 1 aliphatic rings. The van der Waals surface area contributed by atoms with Crippen LogP contribution in [0, 0.1) is 34.0 Å². The summed E-state index contributed by atoms with van der Waals surface area (Å²) < 4.78 is 0. The molecule has 1 aromatic heterocycles. The third-order valence-electron chi connectivity index (χ3n) is 4.91. The van der Waals surface area contributed by atoms with Crippen molar-refractivity contribution in [3.05, 3.63) is 52.6 Å². The maximum Gasteiger partial charge on any atom is 0.149 e. The van der Waals surface area contributed by atoms with Crippen LogP contribution < -0.4 is 10.6 Å². The van der Waals surface area contributed by atoms with Gasteiger partial charge in [0.25, 0.3) is 0 Å². The second-order valence-corrected chi connectivity index (χ2v) is 6.63. The molecular weight excluding hydrogens is 336 g/mol. The van der Waals surface area contributed by atoms with Crippen LogP contribution in [0.2, 0.25) is 0 Å². The number of hydrogen-bond acceptors (Lipinski definition) is 6. The van der Waals surface area contributed by atoms with Crippen LogP contribution in [0.1, 0.15) is 47.4 Å². The lowest BCUT2D eigenvalue weighted by atomic mass is 9.87. The van der Waals surface area contributed by atoms with E-state index in [9.17, 15) is 15.8 Å². The molecule has 2 heterocycles. The molecule has 0 radical (unpaired) electrons. The zero-order valence-corrected chi connectivity index (χ0v) is 15.0. The van der Waals surface area contributed by atoms with E-state index >= 15 is 0 Å². The van der Waals surface area contributed by atoms with Crippen LogP contribution in [0.15, 0.2) is 30.3 Å². The Labute approximate surface area is 159 Å². The van der Waals surface area contributed by atoms with Gasteiger partial charge < -0.3 is 10.6 Å². The van der Waals surface area contributed by atoms with Crippen molar-refractivity contribution in [1.82, 2.24) is 4.98 Å². The lowest BCUT2D eigenvalue weighted by Crippen LogP contribution is -2.31. The second-order valence-electron chi connectivity index (χ2n) is 6.63. The molecule has 1 unspecified atom stereocenters. The van der Waals surface area contributed by atoms with Gasteiger partial charge in [-0.2, -0.15) is 15.8 Å². The fourth-order valence-electron chi connectivity index (χ4n) is 3.58. The van der Waals surface area contributed by atoms with Crippen LogP contribution in [0.4, 0.5) is 11.6 Å². The number of rotatable bonds is 4. The summed E-state index contributed by atoms with van der Waals surface area (Å²) in [6.07, 6.45) is 3.59. The van der Waals surface area contributed by atoms with Crippen LogP contribution in [0.3, 0.4) is 0 Å². The van der Waals surface area contributed by atoms with Crippen molar-refractivity contribution >= 4 is 11.6 Å². The zero-order valence-electron chi connectivity index (χ0n) is 15.0. The van der Waals surface area contributed by atoms with E-state index in [0.29, 0.717) is 23.4 Å². The number of hydrogen-bond donors (Lipinski definition) is 1. The fourth-order valence-corrected chi connectivity index (χ4v) is 3.58. The van der Waals surface area contributed by atoms with E-state index in [1.807, 2.05) is 35.2 Å². The Morgan fingerprint density at radius 1 is 1.00 bits per heavy atom. The molecule has 0 bridgehead atoms. The van der Waals surface area contributed by atoms with Crippen molar-refractivity contribution in [2.24, 2.45) is 0 Å². The molecule has 6 nitrogen and oxygen atoms in total. The number of nitrogens with zero attached hydrogens (tertiary/aromatic N) is 5. The Hall–Kier alpha value is -3.56. The number of benzene rings is 1. The van der Waals surface area contributed by atoms with E-state index in [2.05, 4.69) is 23.2 Å². The SMILES string of the molecule is N#Cc1c(N)nc(N2CCCCC2)c(C#N)c1C(C#N)Cc1ccccc1. The highest BCUT2D eigenvalue weighted by Gasteiger charge is 2.28. The van der Waals surface area contributed by atoms with Gasteiger partial charge in [0.15, 0.2) is 0 Å². The molecule has 1 saturated heterocycles. The minimum absolute atomic E-state index is 0.0837. The van der Waals surface area contributed by atoms with Gasteiger partial charge in [0.2, 0.25) is 0 Å². The number of nitrogens with two attached hydrogens (primary N) is 1. The van der Waals surface area contributed by atoms with Crippen LogP contribution in [0.25, 0.3) is 0 Å². The zero-order chi connectivity index (χ0) is 19.2. The summed E-state index contributed by atoms with van der Waals surface area (Å²) in [5.41, 5.74) is 7.87. The third-order valence-corrected chi connectivity index (χ3v) is 4.91. The highest BCUT2D eigenvalue weighted by atomic mass is 15.2. The van der Waals surface area contributed by atoms with Crippen molar-refractivity contribution in [2.45, 2.75) is 31.6 Å². The van der Waals surface area contributed by atoms with E-state index < -0.39 is 5.92 Å². The molecule has 2 aromatic rings. The lowest BCUT2D eigenvalue weighted by Gasteiger charge is -2.30. The molecule has 134 valence electrons. The van der Waals surface area contributed by atoms with Gasteiger partial charge in [-0.3, -0.25) is 0 Å². The number of anilines is 2. The normalized spacial score (nSPS) is 14.6. The Morgan fingerprint density at radius 3 is 2.26 bits per heavy atom. The smallest absolute Gasteiger partial charge is 0.149 e. The predicted molar refractivity (Wildman–Crippen MR) is 103 cm³/mol. The third kappa shape index (κ3) is 3.68. The number of aromatic nitrogens is 1. The highest BCUT2D eigenvalue weighted by Crippen LogP contribution is 2.35. The molecule has 3 rings (SSSR count). The van der Waals surface area contributed by atoms with Crippen LogP contribution >= 0.6 is 0 Å². The van der Waals surface area contributed by atoms with Crippen LogP contribution in [0.5, 0.6) is 0 Å². The molecule has 0 saturated carbocycles. The molecule has 2 N–H and O–H groups in total. The van der Waals surface area contributed by atoms with Gasteiger partial charge in [0, 0.05) is 18.7 Å². The topological polar surface area (TPSA) is 114 Å². The maximum atomic E-state index is 9.87. The summed E-state index contributed by atoms with van der Waals surface area (Å²) in [6, 6.07) is 16.1. The standard InChI is InChI=1S/C21H20N6/c22-12-16(11-15-7-3-1-4-8-15)19-17(13-23)20(25)26-21(18(19)14-24)27-9-5-2-6-10-27/h1,3-4,7-8,16H,2,5-6,9-11H2,(H2,25,26). The Kier molecular flexibility index (Phi) is 5.55. The number of nitriles is 3. The Balaban J connectivity index is 2.14. The first kappa shape index (κ1) is 18.2. The summed E-state index contributed by atoms with van der Waals surface area (Å²) in [7, 11) is 0. The van der Waals surface area contributed by atoms with Gasteiger partial charge in [-0.25, -0.2) is 4.98 Å². The molecule has 1 aromatic carbocycles. The molecule has 1 aliphatic heterocycles. The summed E-state index contributed by atoms with van der Waals surface area (Å²) >= 11 is 0. The quantitative estimate of drug-likeness (QED) is 0.899. The number of nitrogen functional groups attached to an aromatic ring is 1. The molecule has 0 amide bonds. The monoisotopic (exact) mass is 356 g/mol. The minimum atomic E-state index is -0.648. The van der Waals surface area contributed by atoms with E-state index in [0.717, 1.165) is 37.9 Å². The van der Waals surface area contributed by atoms with Crippen LogP contribution in [-0.2, 0) is 6.42 Å². The number of piperidine rings is 1. The first-order valence-electron chi connectivity index (χ1n) is 9.01. The minimum Gasteiger partial charge on any atom is -0.383 e. The second kappa shape index (κ2) is 8.21. The van der Waals surface area contributed by atoms with Gasteiger partial charge in [-0.1, -0.05) is 30.3 Å². The molecule has 1 atom stereocenters. The average molecular weight is 356 g/mol. The van der Waals surface area contributed by atoms with Gasteiger partial charge >= 0.3 is 0 Å². The molecule has 27 heavy (non-hydrogen) atoms. The van der Waals surface area contributed by atoms with Crippen LogP contribution in [-0.4, -0.2) is 18.1 Å². The Morgan fingerprint density at radius 2 is 1.67 bits per heavy atom. The van der Waals surface area contributed by atoms with Crippen molar-refractivity contribution in [2.75, 3.05) is 23.7 Å². The van der Waals surface area contributed by atoms with Gasteiger partial charge in [0.1, 0.15) is 34.9 Å². The van der Waals surface area contributed by atoms with E-state index in [1.54, 1.807) is 0 Å². The molecular formula is C21H20N6. The van der Waals surface area contributed by atoms with Crippen molar-refractivity contribution in [3.8, 4) is 18.2 Å². The first-order chi connectivity index (χ1) is 13.2. The van der Waals surface area contributed by atoms with Crippen molar-refractivity contribution in [1.29, 1.82) is 15.8 Å².